The molecule has 1 aliphatic carbocycles. The third kappa shape index (κ3) is 6.48. The monoisotopic (exact) mass is 441 g/mol. The molecule has 168 valence electrons. The summed E-state index contributed by atoms with van der Waals surface area (Å²) in [6, 6.07) is 3.59. The fourth-order valence-electron chi connectivity index (χ4n) is 2.96. The van der Waals surface area contributed by atoms with Crippen molar-refractivity contribution in [3.63, 3.8) is 0 Å². The first-order chi connectivity index (χ1) is 14.8. The summed E-state index contributed by atoms with van der Waals surface area (Å²) in [4.78, 5) is 27.5. The van der Waals surface area contributed by atoms with Crippen LogP contribution in [-0.4, -0.2) is 61.2 Å². The number of carboxylic acid groups (broad SMARTS) is 1. The Bertz CT molecular complexity index is 900. The van der Waals surface area contributed by atoms with Crippen molar-refractivity contribution in [2.45, 2.75) is 45.1 Å². The van der Waals surface area contributed by atoms with Crippen LogP contribution in [0.5, 0.6) is 0 Å². The Morgan fingerprint density at radius 2 is 2.00 bits per heavy atom. The minimum atomic E-state index is -5.08. The first-order valence-electron chi connectivity index (χ1n) is 9.74. The average molecular weight is 441 g/mol. The Kier molecular flexibility index (Phi) is 7.21. The van der Waals surface area contributed by atoms with E-state index in [2.05, 4.69) is 15.3 Å². The van der Waals surface area contributed by atoms with Crippen molar-refractivity contribution in [3.8, 4) is 0 Å². The van der Waals surface area contributed by atoms with Crippen molar-refractivity contribution in [1.29, 1.82) is 0 Å². The lowest BCUT2D eigenvalue weighted by atomic mass is 10.2. The van der Waals surface area contributed by atoms with E-state index >= 15 is 0 Å². The number of nitrogens with zero attached hydrogens (tertiary/aromatic N) is 5. The van der Waals surface area contributed by atoms with Crippen LogP contribution in [0.4, 0.5) is 13.2 Å². The molecule has 0 saturated heterocycles. The van der Waals surface area contributed by atoms with Gasteiger partial charge in [0.2, 0.25) is 0 Å². The molecule has 12 heteroatoms. The minimum Gasteiger partial charge on any atom is -0.475 e. The average Bonchev–Trinajstić information content (AvgIpc) is 3.52. The molecule has 2 aliphatic rings. The molecule has 3 heterocycles. The molecule has 0 atom stereocenters. The third-order valence-corrected chi connectivity index (χ3v) is 4.78. The highest BCUT2D eigenvalue weighted by atomic mass is 19.4. The van der Waals surface area contributed by atoms with Gasteiger partial charge in [0.25, 0.3) is 5.91 Å². The van der Waals surface area contributed by atoms with Crippen LogP contribution < -0.4 is 0 Å². The molecular weight excluding hydrogens is 419 g/mol. The smallest absolute Gasteiger partial charge is 0.475 e. The summed E-state index contributed by atoms with van der Waals surface area (Å²) in [7, 11) is 0. The van der Waals surface area contributed by atoms with E-state index in [4.69, 9.17) is 14.6 Å². The summed E-state index contributed by atoms with van der Waals surface area (Å²) in [5.41, 5.74) is 2.45. The van der Waals surface area contributed by atoms with Crippen molar-refractivity contribution in [3.05, 3.63) is 41.5 Å². The van der Waals surface area contributed by atoms with Gasteiger partial charge >= 0.3 is 12.1 Å². The highest BCUT2D eigenvalue weighted by Gasteiger charge is 2.38. The zero-order valence-corrected chi connectivity index (χ0v) is 16.6. The predicted molar refractivity (Wildman–Crippen MR) is 99.7 cm³/mol. The first kappa shape index (κ1) is 22.7. The predicted octanol–water partition coefficient (Wildman–Crippen LogP) is 2.28. The molecule has 1 N–H and O–H groups in total. The van der Waals surface area contributed by atoms with Gasteiger partial charge in [0, 0.05) is 32.1 Å². The zero-order chi connectivity index (χ0) is 22.4. The van der Waals surface area contributed by atoms with Crippen LogP contribution in [0.2, 0.25) is 0 Å². The Hall–Kier alpha value is -3.02. The number of ether oxygens (including phenoxy) is 1. The summed E-state index contributed by atoms with van der Waals surface area (Å²) in [6.45, 7) is 3.27. The van der Waals surface area contributed by atoms with E-state index in [1.807, 2.05) is 9.58 Å². The molecule has 1 saturated carbocycles. The highest BCUT2D eigenvalue weighted by Crippen LogP contribution is 2.29. The van der Waals surface area contributed by atoms with Gasteiger partial charge in [-0.25, -0.2) is 9.48 Å². The molecule has 0 spiro atoms. The number of amides is 1. The molecule has 31 heavy (non-hydrogen) atoms. The standard InChI is InChI=1S/C17H21N5O2.C2HF3O2/c23-17(14-3-1-6-18-9-14)21-7-2-8-22-16(10-21)15(19-20-22)12-24-11-13-4-5-13;3-2(4,5)1(6)7/h1,3,6,9,13H,2,4-5,7-8,10-12H2;(H,6,7). The van der Waals surface area contributed by atoms with Gasteiger partial charge < -0.3 is 14.7 Å². The topological polar surface area (TPSA) is 110 Å². The number of rotatable bonds is 5. The van der Waals surface area contributed by atoms with E-state index in [0.29, 0.717) is 25.3 Å². The summed E-state index contributed by atoms with van der Waals surface area (Å²) in [5, 5.41) is 15.6. The number of halogens is 3. The quantitative estimate of drug-likeness (QED) is 0.758. The number of aliphatic carboxylic acids is 1. The van der Waals surface area contributed by atoms with Crippen LogP contribution in [0.25, 0.3) is 0 Å². The van der Waals surface area contributed by atoms with Gasteiger partial charge in [-0.2, -0.15) is 13.2 Å². The number of hydrogen-bond acceptors (Lipinski definition) is 6. The second-order valence-electron chi connectivity index (χ2n) is 7.29. The van der Waals surface area contributed by atoms with E-state index in [1.54, 1.807) is 24.5 Å². The lowest BCUT2D eigenvalue weighted by Gasteiger charge is -2.20. The molecular formula is C19H22F3N5O4. The Balaban J connectivity index is 0.000000339. The number of alkyl halides is 3. The second kappa shape index (κ2) is 9.86. The second-order valence-corrected chi connectivity index (χ2v) is 7.29. The SMILES string of the molecule is O=C(O)C(F)(F)F.O=C(c1cccnc1)N1CCCn2nnc(COCC3CC3)c2C1. The molecule has 1 aliphatic heterocycles. The molecule has 0 radical (unpaired) electrons. The number of carboxylic acids is 1. The van der Waals surface area contributed by atoms with Crippen molar-refractivity contribution in [2.24, 2.45) is 5.92 Å². The van der Waals surface area contributed by atoms with Gasteiger partial charge in [-0.05, 0) is 37.3 Å². The molecule has 1 amide bonds. The van der Waals surface area contributed by atoms with Gasteiger partial charge in [-0.15, -0.1) is 5.10 Å². The van der Waals surface area contributed by atoms with E-state index in [9.17, 15) is 18.0 Å². The van der Waals surface area contributed by atoms with Crippen LogP contribution in [0.1, 0.15) is 41.0 Å². The third-order valence-electron chi connectivity index (χ3n) is 4.78. The molecule has 2 aromatic heterocycles. The minimum absolute atomic E-state index is 0.00241. The van der Waals surface area contributed by atoms with Crippen LogP contribution in [0.3, 0.4) is 0 Å². The fourth-order valence-corrected chi connectivity index (χ4v) is 2.96. The molecule has 0 unspecified atom stereocenters. The summed E-state index contributed by atoms with van der Waals surface area (Å²) in [6.07, 6.45) is 1.61. The fraction of sp³-hybridized carbons (Fsp3) is 0.526. The highest BCUT2D eigenvalue weighted by molar-refractivity contribution is 5.93. The lowest BCUT2D eigenvalue weighted by molar-refractivity contribution is -0.192. The number of pyridine rings is 1. The number of fused-ring (bicyclic) bond motifs is 1. The summed E-state index contributed by atoms with van der Waals surface area (Å²) < 4.78 is 39.4. The van der Waals surface area contributed by atoms with Gasteiger partial charge in [-0.1, -0.05) is 5.21 Å². The van der Waals surface area contributed by atoms with Crippen molar-refractivity contribution in [2.75, 3.05) is 13.2 Å². The zero-order valence-electron chi connectivity index (χ0n) is 16.6. The number of carbonyl (C=O) groups is 2. The molecule has 0 bridgehead atoms. The van der Waals surface area contributed by atoms with E-state index in [1.165, 1.54) is 12.8 Å². The van der Waals surface area contributed by atoms with Gasteiger partial charge in [-0.3, -0.25) is 9.78 Å². The molecule has 4 rings (SSSR count). The van der Waals surface area contributed by atoms with Crippen molar-refractivity contribution in [1.82, 2.24) is 24.9 Å². The maximum absolute atomic E-state index is 12.7. The number of aromatic nitrogens is 4. The Morgan fingerprint density at radius 3 is 2.61 bits per heavy atom. The Morgan fingerprint density at radius 1 is 1.26 bits per heavy atom. The van der Waals surface area contributed by atoms with Crippen LogP contribution in [-0.2, 0) is 29.2 Å². The maximum Gasteiger partial charge on any atom is 0.490 e. The van der Waals surface area contributed by atoms with Crippen molar-refractivity contribution >= 4 is 11.9 Å². The van der Waals surface area contributed by atoms with Gasteiger partial charge in [0.1, 0.15) is 5.69 Å². The van der Waals surface area contributed by atoms with Gasteiger partial charge in [0.15, 0.2) is 0 Å². The molecule has 0 aromatic carbocycles. The lowest BCUT2D eigenvalue weighted by Crippen LogP contribution is -2.31. The Labute approximate surface area is 175 Å². The molecule has 1 fully saturated rings. The van der Waals surface area contributed by atoms with E-state index in [-0.39, 0.29) is 5.91 Å². The molecule has 9 nitrogen and oxygen atoms in total. The first-order valence-corrected chi connectivity index (χ1v) is 9.74. The number of aryl methyl sites for hydroxylation is 1. The maximum atomic E-state index is 12.7. The number of hydrogen-bond donors (Lipinski definition) is 1. The number of carbonyl (C=O) groups excluding carboxylic acids is 1. The van der Waals surface area contributed by atoms with Crippen LogP contribution >= 0.6 is 0 Å². The van der Waals surface area contributed by atoms with Gasteiger partial charge in [0.05, 0.1) is 24.4 Å². The van der Waals surface area contributed by atoms with Crippen molar-refractivity contribution < 1.29 is 32.6 Å². The molecule has 2 aromatic rings. The largest absolute Gasteiger partial charge is 0.490 e. The van der Waals surface area contributed by atoms with E-state index in [0.717, 1.165) is 36.9 Å². The van der Waals surface area contributed by atoms with E-state index < -0.39 is 12.1 Å². The normalized spacial score (nSPS) is 16.0. The summed E-state index contributed by atoms with van der Waals surface area (Å²) in [5.74, 6) is -2.03. The van der Waals surface area contributed by atoms with Crippen LogP contribution in [0, 0.1) is 5.92 Å². The summed E-state index contributed by atoms with van der Waals surface area (Å²) >= 11 is 0. The van der Waals surface area contributed by atoms with Crippen LogP contribution in [0.15, 0.2) is 24.5 Å².